The van der Waals surface area contributed by atoms with E-state index < -0.39 is 0 Å². The highest BCUT2D eigenvalue weighted by Gasteiger charge is 2.08. The fraction of sp³-hybridized carbons (Fsp3) is 0.400. The largest absolute Gasteiger partial charge is 0.508 e. The average Bonchev–Trinajstić information content (AvgIpc) is 2.04. The molecule has 0 bridgehead atoms. The summed E-state index contributed by atoms with van der Waals surface area (Å²) in [5.74, 6) is 0.548. The van der Waals surface area contributed by atoms with Crippen molar-refractivity contribution in [2.75, 3.05) is 6.54 Å². The summed E-state index contributed by atoms with van der Waals surface area (Å²) in [6.07, 6.45) is 0.907. The molecule has 0 aromatic heterocycles. The van der Waals surface area contributed by atoms with E-state index >= 15 is 0 Å². The summed E-state index contributed by atoms with van der Waals surface area (Å²) in [6.45, 7) is 2.73. The lowest BCUT2D eigenvalue weighted by atomic mass is 9.98. The van der Waals surface area contributed by atoms with Gasteiger partial charge in [-0.15, -0.1) is 0 Å². The zero-order valence-electron chi connectivity index (χ0n) is 7.63. The van der Waals surface area contributed by atoms with Gasteiger partial charge in [-0.3, -0.25) is 0 Å². The summed E-state index contributed by atoms with van der Waals surface area (Å²) in [7, 11) is 0. The molecule has 0 fully saturated rings. The average molecular weight is 200 g/mol. The molecule has 0 aliphatic heterocycles. The molecule has 0 spiro atoms. The number of rotatable bonds is 3. The van der Waals surface area contributed by atoms with E-state index in [1.807, 2.05) is 6.07 Å². The number of nitrogens with two attached hydrogens (primary N) is 1. The fourth-order valence-electron chi connectivity index (χ4n) is 1.32. The Morgan fingerprint density at radius 3 is 2.77 bits per heavy atom. The molecule has 3 heteroatoms. The second kappa shape index (κ2) is 4.49. The van der Waals surface area contributed by atoms with Gasteiger partial charge in [0.15, 0.2) is 0 Å². The molecule has 72 valence electrons. The number of benzene rings is 1. The van der Waals surface area contributed by atoms with Gasteiger partial charge in [0.25, 0.3) is 0 Å². The van der Waals surface area contributed by atoms with E-state index in [1.54, 1.807) is 12.1 Å². The van der Waals surface area contributed by atoms with E-state index in [-0.39, 0.29) is 5.75 Å². The Labute approximate surface area is 83.3 Å². The third kappa shape index (κ3) is 2.61. The summed E-state index contributed by atoms with van der Waals surface area (Å²) >= 11 is 5.96. The Hall–Kier alpha value is -0.730. The summed E-state index contributed by atoms with van der Waals surface area (Å²) in [5, 5.41) is 9.75. The monoisotopic (exact) mass is 199 g/mol. The Balaban J connectivity index is 2.88. The second-order valence-corrected chi connectivity index (χ2v) is 3.59. The maximum Gasteiger partial charge on any atom is 0.117 e. The van der Waals surface area contributed by atoms with Crippen LogP contribution in [0.25, 0.3) is 0 Å². The molecule has 0 saturated carbocycles. The lowest BCUT2D eigenvalue weighted by molar-refractivity contribution is 0.475. The molecule has 13 heavy (non-hydrogen) atoms. The van der Waals surface area contributed by atoms with Gasteiger partial charge in [0, 0.05) is 5.02 Å². The number of hydrogen-bond acceptors (Lipinski definition) is 2. The fourth-order valence-corrected chi connectivity index (χ4v) is 1.68. The minimum absolute atomic E-state index is 0.202. The van der Waals surface area contributed by atoms with Gasteiger partial charge in [-0.1, -0.05) is 24.6 Å². The molecular weight excluding hydrogens is 186 g/mol. The first-order valence-corrected chi connectivity index (χ1v) is 4.71. The van der Waals surface area contributed by atoms with Crippen LogP contribution in [0.5, 0.6) is 5.75 Å². The third-order valence-electron chi connectivity index (χ3n) is 2.11. The minimum Gasteiger partial charge on any atom is -0.508 e. The second-order valence-electron chi connectivity index (χ2n) is 3.18. The van der Waals surface area contributed by atoms with Crippen molar-refractivity contribution in [3.05, 3.63) is 28.8 Å². The van der Waals surface area contributed by atoms with Gasteiger partial charge in [0.2, 0.25) is 0 Å². The van der Waals surface area contributed by atoms with Gasteiger partial charge < -0.3 is 10.8 Å². The first kappa shape index (κ1) is 10.4. The zero-order valence-corrected chi connectivity index (χ0v) is 8.38. The predicted molar refractivity (Wildman–Crippen MR) is 55.2 cm³/mol. The predicted octanol–water partition coefficient (Wildman–Crippen LogP) is 2.50. The third-order valence-corrected chi connectivity index (χ3v) is 2.44. The van der Waals surface area contributed by atoms with Crippen LogP contribution < -0.4 is 5.73 Å². The maximum absolute atomic E-state index is 9.14. The molecule has 0 amide bonds. The Bertz CT molecular complexity index is 288. The van der Waals surface area contributed by atoms with Crippen LogP contribution in [0, 0.1) is 0 Å². The molecule has 3 N–H and O–H groups in total. The minimum atomic E-state index is 0.202. The lowest BCUT2D eigenvalue weighted by Gasteiger charge is -2.12. The molecule has 1 unspecified atom stereocenters. The Kier molecular flexibility index (Phi) is 3.58. The summed E-state index contributed by atoms with van der Waals surface area (Å²) < 4.78 is 0. The molecule has 2 nitrogen and oxygen atoms in total. The molecule has 0 heterocycles. The van der Waals surface area contributed by atoms with Crippen molar-refractivity contribution in [2.24, 2.45) is 5.73 Å². The summed E-state index contributed by atoms with van der Waals surface area (Å²) in [4.78, 5) is 0. The number of hydrogen-bond donors (Lipinski definition) is 2. The highest BCUT2D eigenvalue weighted by Crippen LogP contribution is 2.29. The molecule has 0 radical (unpaired) electrons. The first-order chi connectivity index (χ1) is 6.15. The molecule has 1 atom stereocenters. The zero-order chi connectivity index (χ0) is 9.84. The van der Waals surface area contributed by atoms with Gasteiger partial charge in [0.1, 0.15) is 5.75 Å². The van der Waals surface area contributed by atoms with Crippen molar-refractivity contribution in [2.45, 2.75) is 19.3 Å². The summed E-state index contributed by atoms with van der Waals surface area (Å²) in [6, 6.07) is 5.05. The van der Waals surface area contributed by atoms with E-state index in [0.717, 1.165) is 12.0 Å². The SMILES string of the molecule is CC(CCN)c1ccc(O)cc1Cl. The number of phenols is 1. The highest BCUT2D eigenvalue weighted by molar-refractivity contribution is 6.31. The van der Waals surface area contributed by atoms with E-state index in [1.165, 1.54) is 0 Å². The quantitative estimate of drug-likeness (QED) is 0.786. The molecule has 1 aromatic rings. The Morgan fingerprint density at radius 2 is 2.23 bits per heavy atom. The van der Waals surface area contributed by atoms with E-state index in [9.17, 15) is 0 Å². The van der Waals surface area contributed by atoms with E-state index in [0.29, 0.717) is 17.5 Å². The van der Waals surface area contributed by atoms with E-state index in [4.69, 9.17) is 22.4 Å². The highest BCUT2D eigenvalue weighted by atomic mass is 35.5. The molecule has 0 aliphatic carbocycles. The number of phenolic OH excluding ortho intramolecular Hbond substituents is 1. The van der Waals surface area contributed by atoms with Crippen LogP contribution in [0.15, 0.2) is 18.2 Å². The van der Waals surface area contributed by atoms with Crippen LogP contribution in [0.2, 0.25) is 5.02 Å². The van der Waals surface area contributed by atoms with Crippen molar-refractivity contribution in [3.63, 3.8) is 0 Å². The molecular formula is C10H14ClNO. The molecule has 1 aromatic carbocycles. The van der Waals surface area contributed by atoms with Crippen molar-refractivity contribution in [1.29, 1.82) is 0 Å². The topological polar surface area (TPSA) is 46.2 Å². The molecule has 1 rings (SSSR count). The van der Waals surface area contributed by atoms with Crippen molar-refractivity contribution in [1.82, 2.24) is 0 Å². The summed E-state index contributed by atoms with van der Waals surface area (Å²) in [5.41, 5.74) is 6.50. The van der Waals surface area contributed by atoms with Gasteiger partial charge >= 0.3 is 0 Å². The number of halogens is 1. The van der Waals surface area contributed by atoms with Gasteiger partial charge in [-0.25, -0.2) is 0 Å². The van der Waals surface area contributed by atoms with Crippen LogP contribution >= 0.6 is 11.6 Å². The number of aromatic hydroxyl groups is 1. The normalized spacial score (nSPS) is 12.8. The van der Waals surface area contributed by atoms with Gasteiger partial charge in [-0.2, -0.15) is 0 Å². The maximum atomic E-state index is 9.14. The Morgan fingerprint density at radius 1 is 1.54 bits per heavy atom. The van der Waals surface area contributed by atoms with Crippen LogP contribution in [-0.2, 0) is 0 Å². The molecule has 0 aliphatic rings. The lowest BCUT2D eigenvalue weighted by Crippen LogP contribution is -2.04. The standard InChI is InChI=1S/C10H14ClNO/c1-7(4-5-12)9-3-2-8(13)6-10(9)11/h2-3,6-7,13H,4-5,12H2,1H3. The van der Waals surface area contributed by atoms with Crippen molar-refractivity contribution >= 4 is 11.6 Å². The van der Waals surface area contributed by atoms with Crippen molar-refractivity contribution < 1.29 is 5.11 Å². The van der Waals surface area contributed by atoms with Crippen molar-refractivity contribution in [3.8, 4) is 5.75 Å². The van der Waals surface area contributed by atoms with Gasteiger partial charge in [0.05, 0.1) is 0 Å². The first-order valence-electron chi connectivity index (χ1n) is 4.33. The smallest absolute Gasteiger partial charge is 0.117 e. The molecule has 0 saturated heterocycles. The van der Waals surface area contributed by atoms with Crippen LogP contribution in [0.3, 0.4) is 0 Å². The van der Waals surface area contributed by atoms with Gasteiger partial charge in [-0.05, 0) is 36.6 Å². The van der Waals surface area contributed by atoms with E-state index in [2.05, 4.69) is 6.92 Å². The van der Waals surface area contributed by atoms with Crippen LogP contribution in [0.1, 0.15) is 24.8 Å². The van der Waals surface area contributed by atoms with Crippen LogP contribution in [-0.4, -0.2) is 11.7 Å². The van der Waals surface area contributed by atoms with Crippen LogP contribution in [0.4, 0.5) is 0 Å².